The minimum absolute atomic E-state index is 0.220. The van der Waals surface area contributed by atoms with Crippen molar-refractivity contribution in [2.75, 3.05) is 5.32 Å². The number of carbonyl (C=O) groups excluding carboxylic acids is 2. The van der Waals surface area contributed by atoms with Crippen LogP contribution in [0.5, 0.6) is 0 Å². The summed E-state index contributed by atoms with van der Waals surface area (Å²) in [5.41, 5.74) is 0.378. The number of benzene rings is 1. The second-order valence-corrected chi connectivity index (χ2v) is 6.94. The second-order valence-electron chi connectivity index (χ2n) is 5.88. The van der Waals surface area contributed by atoms with Gasteiger partial charge in [-0.25, -0.2) is 4.79 Å². The molecule has 0 aliphatic heterocycles. The molecular weight excluding hydrogens is 314 g/mol. The molecule has 122 valence electrons. The van der Waals surface area contributed by atoms with Gasteiger partial charge in [0.1, 0.15) is 5.01 Å². The summed E-state index contributed by atoms with van der Waals surface area (Å²) in [5, 5.41) is 16.8. The molecule has 0 radical (unpaired) electrons. The van der Waals surface area contributed by atoms with E-state index in [0.29, 0.717) is 10.7 Å². The number of nitrogens with zero attached hydrogens (tertiary/aromatic N) is 2. The van der Waals surface area contributed by atoms with Crippen LogP contribution in [0.3, 0.4) is 0 Å². The van der Waals surface area contributed by atoms with Crippen LogP contribution in [-0.4, -0.2) is 27.7 Å². The Kier molecular flexibility index (Phi) is 5.28. The van der Waals surface area contributed by atoms with Gasteiger partial charge in [-0.05, 0) is 32.9 Å². The molecule has 8 heteroatoms. The molecular formula is C15H19N5O2S. The van der Waals surface area contributed by atoms with E-state index in [2.05, 4.69) is 26.1 Å². The number of nitrogens with one attached hydrogen (secondary N) is 3. The van der Waals surface area contributed by atoms with Gasteiger partial charge in [0.15, 0.2) is 0 Å². The SMILES string of the molecule is CC(C)(C)NC(=O)NCc1nnc(C(=O)Nc2ccccc2)s1. The molecule has 1 aromatic heterocycles. The summed E-state index contributed by atoms with van der Waals surface area (Å²) >= 11 is 1.14. The fourth-order valence-corrected chi connectivity index (χ4v) is 2.34. The van der Waals surface area contributed by atoms with Crippen LogP contribution < -0.4 is 16.0 Å². The van der Waals surface area contributed by atoms with Gasteiger partial charge in [-0.1, -0.05) is 29.5 Å². The maximum absolute atomic E-state index is 12.1. The number of aromatic nitrogens is 2. The summed E-state index contributed by atoms with van der Waals surface area (Å²) in [7, 11) is 0. The van der Waals surface area contributed by atoms with E-state index in [1.54, 1.807) is 12.1 Å². The van der Waals surface area contributed by atoms with Crippen molar-refractivity contribution in [2.45, 2.75) is 32.9 Å². The number of hydrogen-bond donors (Lipinski definition) is 3. The van der Waals surface area contributed by atoms with Crippen LogP contribution >= 0.6 is 11.3 Å². The third kappa shape index (κ3) is 5.67. The molecule has 2 aromatic rings. The fourth-order valence-electron chi connectivity index (χ4n) is 1.66. The Labute approximate surface area is 138 Å². The van der Waals surface area contributed by atoms with Crippen LogP contribution in [-0.2, 0) is 6.54 Å². The van der Waals surface area contributed by atoms with Crippen LogP contribution in [0.15, 0.2) is 30.3 Å². The molecule has 1 aromatic carbocycles. The van der Waals surface area contributed by atoms with Crippen molar-refractivity contribution >= 4 is 29.0 Å². The first-order valence-corrected chi connectivity index (χ1v) is 7.90. The van der Waals surface area contributed by atoms with Crippen LogP contribution in [0.2, 0.25) is 0 Å². The van der Waals surface area contributed by atoms with Crippen molar-refractivity contribution in [3.8, 4) is 0 Å². The zero-order valence-electron chi connectivity index (χ0n) is 13.2. The monoisotopic (exact) mass is 333 g/mol. The molecule has 23 heavy (non-hydrogen) atoms. The lowest BCUT2D eigenvalue weighted by molar-refractivity contribution is 0.102. The Balaban J connectivity index is 1.88. The van der Waals surface area contributed by atoms with E-state index in [9.17, 15) is 9.59 Å². The molecule has 0 saturated heterocycles. The molecule has 0 bridgehead atoms. The van der Waals surface area contributed by atoms with Gasteiger partial charge in [0, 0.05) is 11.2 Å². The van der Waals surface area contributed by atoms with E-state index in [-0.39, 0.29) is 29.0 Å². The smallest absolute Gasteiger partial charge is 0.315 e. The first-order chi connectivity index (χ1) is 10.8. The lowest BCUT2D eigenvalue weighted by Crippen LogP contribution is -2.46. The number of carbonyl (C=O) groups is 2. The number of anilines is 1. The fraction of sp³-hybridized carbons (Fsp3) is 0.333. The molecule has 0 fully saturated rings. The van der Waals surface area contributed by atoms with Crippen LogP contribution in [0, 0.1) is 0 Å². The highest BCUT2D eigenvalue weighted by molar-refractivity contribution is 7.13. The average molecular weight is 333 g/mol. The van der Waals surface area contributed by atoms with Gasteiger partial charge in [0.25, 0.3) is 5.91 Å². The number of rotatable bonds is 4. The Hall–Kier alpha value is -2.48. The Morgan fingerprint density at radius 3 is 2.48 bits per heavy atom. The highest BCUT2D eigenvalue weighted by atomic mass is 32.1. The van der Waals surface area contributed by atoms with E-state index in [4.69, 9.17) is 0 Å². The number of hydrogen-bond acceptors (Lipinski definition) is 5. The number of urea groups is 1. The molecule has 0 atom stereocenters. The third-order valence-corrected chi connectivity index (χ3v) is 3.50. The first kappa shape index (κ1) is 16.9. The topological polar surface area (TPSA) is 96.0 Å². The largest absolute Gasteiger partial charge is 0.334 e. The maximum atomic E-state index is 12.1. The zero-order chi connectivity index (χ0) is 16.9. The van der Waals surface area contributed by atoms with Crippen molar-refractivity contribution in [1.29, 1.82) is 0 Å². The molecule has 0 saturated carbocycles. The molecule has 7 nitrogen and oxygen atoms in total. The lowest BCUT2D eigenvalue weighted by Gasteiger charge is -2.20. The van der Waals surface area contributed by atoms with Crippen molar-refractivity contribution < 1.29 is 9.59 Å². The summed E-state index contributed by atoms with van der Waals surface area (Å²) in [6, 6.07) is 8.82. The van der Waals surface area contributed by atoms with E-state index < -0.39 is 0 Å². The van der Waals surface area contributed by atoms with Crippen LogP contribution in [0.1, 0.15) is 35.6 Å². The maximum Gasteiger partial charge on any atom is 0.315 e. The zero-order valence-corrected chi connectivity index (χ0v) is 14.0. The van der Waals surface area contributed by atoms with Crippen molar-refractivity contribution in [1.82, 2.24) is 20.8 Å². The summed E-state index contributed by atoms with van der Waals surface area (Å²) in [6.07, 6.45) is 0. The standard InChI is InChI=1S/C15H19N5O2S/c1-15(2,3)18-14(22)16-9-11-19-20-13(23-11)12(21)17-10-7-5-4-6-8-10/h4-8H,9H2,1-3H3,(H,17,21)(H2,16,18,22). The van der Waals surface area contributed by atoms with Crippen molar-refractivity contribution in [3.05, 3.63) is 40.3 Å². The highest BCUT2D eigenvalue weighted by Gasteiger charge is 2.15. The highest BCUT2D eigenvalue weighted by Crippen LogP contribution is 2.13. The van der Waals surface area contributed by atoms with Gasteiger partial charge in [0.05, 0.1) is 6.54 Å². The molecule has 0 unspecified atom stereocenters. The van der Waals surface area contributed by atoms with Crippen LogP contribution in [0.25, 0.3) is 0 Å². The number of amides is 3. The van der Waals surface area contributed by atoms with E-state index in [1.165, 1.54) is 0 Å². The van der Waals surface area contributed by atoms with Crippen molar-refractivity contribution in [3.63, 3.8) is 0 Å². The Morgan fingerprint density at radius 2 is 1.83 bits per heavy atom. The molecule has 0 aliphatic rings. The predicted octanol–water partition coefficient (Wildman–Crippen LogP) is 2.39. The van der Waals surface area contributed by atoms with E-state index in [0.717, 1.165) is 11.3 Å². The minimum Gasteiger partial charge on any atom is -0.334 e. The molecule has 0 aliphatic carbocycles. The minimum atomic E-state index is -0.320. The Bertz CT molecular complexity index is 679. The first-order valence-electron chi connectivity index (χ1n) is 7.08. The van der Waals surface area contributed by atoms with E-state index in [1.807, 2.05) is 39.0 Å². The van der Waals surface area contributed by atoms with Gasteiger partial charge >= 0.3 is 6.03 Å². The Morgan fingerprint density at radius 1 is 1.13 bits per heavy atom. The molecule has 3 amide bonds. The summed E-state index contributed by atoms with van der Waals surface area (Å²) in [5.74, 6) is -0.320. The molecule has 3 N–H and O–H groups in total. The number of para-hydroxylation sites is 1. The summed E-state index contributed by atoms with van der Waals surface area (Å²) < 4.78 is 0. The quantitative estimate of drug-likeness (QED) is 0.800. The van der Waals surface area contributed by atoms with Crippen molar-refractivity contribution in [2.24, 2.45) is 0 Å². The molecule has 1 heterocycles. The molecule has 2 rings (SSSR count). The predicted molar refractivity (Wildman–Crippen MR) is 89.4 cm³/mol. The van der Waals surface area contributed by atoms with Gasteiger partial charge in [-0.15, -0.1) is 10.2 Å². The van der Waals surface area contributed by atoms with Gasteiger partial charge in [-0.3, -0.25) is 4.79 Å². The lowest BCUT2D eigenvalue weighted by atomic mass is 10.1. The normalized spacial score (nSPS) is 10.9. The van der Waals surface area contributed by atoms with Gasteiger partial charge < -0.3 is 16.0 Å². The summed E-state index contributed by atoms with van der Waals surface area (Å²) in [4.78, 5) is 23.7. The van der Waals surface area contributed by atoms with Gasteiger partial charge in [0.2, 0.25) is 5.01 Å². The van der Waals surface area contributed by atoms with E-state index >= 15 is 0 Å². The second kappa shape index (κ2) is 7.19. The molecule has 0 spiro atoms. The third-order valence-electron chi connectivity index (χ3n) is 2.58. The summed E-state index contributed by atoms with van der Waals surface area (Å²) in [6.45, 7) is 5.90. The average Bonchev–Trinajstić information content (AvgIpc) is 2.93. The van der Waals surface area contributed by atoms with Crippen LogP contribution in [0.4, 0.5) is 10.5 Å². The van der Waals surface area contributed by atoms with Gasteiger partial charge in [-0.2, -0.15) is 0 Å².